The van der Waals surface area contributed by atoms with Crippen LogP contribution in [0.2, 0.25) is 0 Å². The van der Waals surface area contributed by atoms with Gasteiger partial charge < -0.3 is 10.0 Å². The van der Waals surface area contributed by atoms with Gasteiger partial charge in [-0.1, -0.05) is 11.3 Å². The first-order valence-electron chi connectivity index (χ1n) is 6.50. The summed E-state index contributed by atoms with van der Waals surface area (Å²) in [5, 5.41) is 20.5. The van der Waals surface area contributed by atoms with E-state index in [0.29, 0.717) is 11.8 Å². The maximum absolute atomic E-state index is 9.69. The third-order valence-electron chi connectivity index (χ3n) is 3.77. The number of piperidine rings is 1. The Bertz CT molecular complexity index is 389. The van der Waals surface area contributed by atoms with Crippen LogP contribution >= 0.6 is 11.3 Å². The van der Waals surface area contributed by atoms with Crippen LogP contribution in [0.15, 0.2) is 0 Å². The van der Waals surface area contributed by atoms with Gasteiger partial charge in [0.2, 0.25) is 5.13 Å². The highest BCUT2D eigenvalue weighted by Crippen LogP contribution is 2.43. The quantitative estimate of drug-likeness (QED) is 0.895. The molecule has 0 bridgehead atoms. The minimum Gasteiger partial charge on any atom is -0.393 e. The lowest BCUT2D eigenvalue weighted by atomic mass is 9.94. The summed E-state index contributed by atoms with van der Waals surface area (Å²) in [6.45, 7) is 3.88. The summed E-state index contributed by atoms with van der Waals surface area (Å²) in [7, 11) is 0. The third kappa shape index (κ3) is 2.45. The number of aromatic nitrogens is 2. The van der Waals surface area contributed by atoms with E-state index in [1.54, 1.807) is 11.3 Å². The maximum atomic E-state index is 9.69. The highest BCUT2D eigenvalue weighted by Gasteiger charge is 2.30. The summed E-state index contributed by atoms with van der Waals surface area (Å²) in [4.78, 5) is 2.30. The van der Waals surface area contributed by atoms with Gasteiger partial charge in [0.25, 0.3) is 0 Å². The van der Waals surface area contributed by atoms with E-state index < -0.39 is 0 Å². The first-order chi connectivity index (χ1) is 8.24. The van der Waals surface area contributed by atoms with Crippen molar-refractivity contribution in [3.8, 4) is 0 Å². The molecule has 1 saturated carbocycles. The Balaban J connectivity index is 1.69. The van der Waals surface area contributed by atoms with E-state index in [1.807, 2.05) is 6.92 Å². The van der Waals surface area contributed by atoms with Crippen molar-refractivity contribution in [2.45, 2.75) is 44.6 Å². The van der Waals surface area contributed by atoms with E-state index in [0.717, 1.165) is 31.1 Å². The largest absolute Gasteiger partial charge is 0.393 e. The van der Waals surface area contributed by atoms with Crippen LogP contribution in [-0.4, -0.2) is 34.5 Å². The molecule has 2 heterocycles. The molecule has 0 spiro atoms. The van der Waals surface area contributed by atoms with Crippen molar-refractivity contribution < 1.29 is 5.11 Å². The van der Waals surface area contributed by atoms with Crippen molar-refractivity contribution in [3.63, 3.8) is 0 Å². The SMILES string of the molecule is CC(O)C1CCCN(c2nnc(C3CC3)s2)C1. The van der Waals surface area contributed by atoms with Crippen LogP contribution in [0.25, 0.3) is 0 Å². The molecule has 94 valence electrons. The minimum absolute atomic E-state index is 0.214. The monoisotopic (exact) mass is 253 g/mol. The number of hydrogen-bond acceptors (Lipinski definition) is 5. The van der Waals surface area contributed by atoms with Crippen molar-refractivity contribution in [2.24, 2.45) is 5.92 Å². The van der Waals surface area contributed by atoms with Crippen molar-refractivity contribution in [3.05, 3.63) is 5.01 Å². The van der Waals surface area contributed by atoms with Gasteiger partial charge in [-0.05, 0) is 32.6 Å². The normalized spacial score (nSPS) is 27.2. The van der Waals surface area contributed by atoms with E-state index >= 15 is 0 Å². The Morgan fingerprint density at radius 2 is 2.18 bits per heavy atom. The topological polar surface area (TPSA) is 49.2 Å². The molecule has 0 radical (unpaired) electrons. The van der Waals surface area contributed by atoms with Crippen LogP contribution in [0.3, 0.4) is 0 Å². The zero-order valence-corrected chi connectivity index (χ0v) is 11.0. The van der Waals surface area contributed by atoms with Gasteiger partial charge in [-0.15, -0.1) is 10.2 Å². The smallest absolute Gasteiger partial charge is 0.208 e. The van der Waals surface area contributed by atoms with Crippen molar-refractivity contribution >= 4 is 16.5 Å². The van der Waals surface area contributed by atoms with Crippen LogP contribution in [0.4, 0.5) is 5.13 Å². The molecule has 1 aliphatic carbocycles. The van der Waals surface area contributed by atoms with E-state index in [9.17, 15) is 5.11 Å². The maximum Gasteiger partial charge on any atom is 0.208 e. The van der Waals surface area contributed by atoms with Gasteiger partial charge in [0.1, 0.15) is 5.01 Å². The van der Waals surface area contributed by atoms with E-state index in [2.05, 4.69) is 15.1 Å². The standard InChI is InChI=1S/C12H19N3OS/c1-8(16)10-3-2-6-15(7-10)12-14-13-11(17-12)9-4-5-9/h8-10,16H,2-7H2,1H3. The second-order valence-corrected chi connectivity index (χ2v) is 6.27. The molecular formula is C12H19N3OS. The summed E-state index contributed by atoms with van der Waals surface area (Å²) in [5.74, 6) is 1.08. The Morgan fingerprint density at radius 1 is 1.35 bits per heavy atom. The molecule has 1 aromatic heterocycles. The Labute approximate surface area is 106 Å². The summed E-state index contributed by atoms with van der Waals surface area (Å²) >= 11 is 1.75. The van der Waals surface area contributed by atoms with Gasteiger partial charge in [0.15, 0.2) is 0 Å². The molecule has 0 amide bonds. The molecule has 1 aromatic rings. The predicted molar refractivity (Wildman–Crippen MR) is 68.5 cm³/mol. The van der Waals surface area contributed by atoms with Crippen molar-refractivity contribution in [1.29, 1.82) is 0 Å². The predicted octanol–water partition coefficient (Wildman–Crippen LogP) is 2.01. The van der Waals surface area contributed by atoms with Gasteiger partial charge in [-0.2, -0.15) is 0 Å². The molecule has 4 nitrogen and oxygen atoms in total. The number of hydrogen-bond donors (Lipinski definition) is 1. The van der Waals surface area contributed by atoms with Crippen molar-refractivity contribution in [2.75, 3.05) is 18.0 Å². The fourth-order valence-corrected chi connectivity index (χ4v) is 3.47. The van der Waals surface area contributed by atoms with Crippen LogP contribution in [0, 0.1) is 5.92 Å². The first kappa shape index (κ1) is 11.4. The molecule has 2 atom stereocenters. The van der Waals surface area contributed by atoms with Gasteiger partial charge in [0, 0.05) is 24.9 Å². The lowest BCUT2D eigenvalue weighted by Crippen LogP contribution is -2.39. The zero-order chi connectivity index (χ0) is 11.8. The Kier molecular flexibility index (Phi) is 3.04. The highest BCUT2D eigenvalue weighted by atomic mass is 32.1. The molecule has 2 unspecified atom stereocenters. The minimum atomic E-state index is -0.214. The van der Waals surface area contributed by atoms with E-state index in [1.165, 1.54) is 17.8 Å². The van der Waals surface area contributed by atoms with Gasteiger partial charge in [-0.25, -0.2) is 0 Å². The van der Waals surface area contributed by atoms with Crippen LogP contribution in [0.1, 0.15) is 43.5 Å². The number of nitrogens with zero attached hydrogens (tertiary/aromatic N) is 3. The van der Waals surface area contributed by atoms with E-state index in [4.69, 9.17) is 0 Å². The number of aliphatic hydroxyl groups is 1. The average molecular weight is 253 g/mol. The van der Waals surface area contributed by atoms with Crippen LogP contribution < -0.4 is 4.90 Å². The molecule has 1 saturated heterocycles. The van der Waals surface area contributed by atoms with Gasteiger partial charge >= 0.3 is 0 Å². The van der Waals surface area contributed by atoms with Gasteiger partial charge in [-0.3, -0.25) is 0 Å². The third-order valence-corrected chi connectivity index (χ3v) is 4.91. The fraction of sp³-hybridized carbons (Fsp3) is 0.833. The number of aliphatic hydroxyl groups excluding tert-OH is 1. The molecular weight excluding hydrogens is 234 g/mol. The second-order valence-electron chi connectivity index (χ2n) is 5.29. The highest BCUT2D eigenvalue weighted by molar-refractivity contribution is 7.15. The Hall–Kier alpha value is -0.680. The first-order valence-corrected chi connectivity index (χ1v) is 7.32. The molecule has 5 heteroatoms. The fourth-order valence-electron chi connectivity index (χ4n) is 2.43. The zero-order valence-electron chi connectivity index (χ0n) is 10.2. The molecule has 17 heavy (non-hydrogen) atoms. The molecule has 1 N–H and O–H groups in total. The summed E-state index contributed by atoms with van der Waals surface area (Å²) < 4.78 is 0. The molecule has 2 fully saturated rings. The second kappa shape index (κ2) is 4.53. The molecule has 0 aromatic carbocycles. The lowest BCUT2D eigenvalue weighted by molar-refractivity contribution is 0.115. The molecule has 3 rings (SSSR count). The Morgan fingerprint density at radius 3 is 2.88 bits per heavy atom. The average Bonchev–Trinajstić information content (AvgIpc) is 3.07. The van der Waals surface area contributed by atoms with Crippen LogP contribution in [-0.2, 0) is 0 Å². The summed E-state index contributed by atoms with van der Waals surface area (Å²) in [6.07, 6.45) is 4.63. The number of anilines is 1. The van der Waals surface area contributed by atoms with E-state index in [-0.39, 0.29) is 6.10 Å². The molecule has 2 aliphatic rings. The summed E-state index contributed by atoms with van der Waals surface area (Å²) in [5.41, 5.74) is 0. The summed E-state index contributed by atoms with van der Waals surface area (Å²) in [6, 6.07) is 0. The van der Waals surface area contributed by atoms with Gasteiger partial charge in [0.05, 0.1) is 6.10 Å². The number of rotatable bonds is 3. The molecule has 1 aliphatic heterocycles. The van der Waals surface area contributed by atoms with Crippen LogP contribution in [0.5, 0.6) is 0 Å². The lowest BCUT2D eigenvalue weighted by Gasteiger charge is -2.33. The van der Waals surface area contributed by atoms with Crippen molar-refractivity contribution in [1.82, 2.24) is 10.2 Å².